The maximum Gasteiger partial charge on any atom is -0.00690 e. The van der Waals surface area contributed by atoms with Gasteiger partial charge in [-0.2, -0.15) is 0 Å². The van der Waals surface area contributed by atoms with Crippen LogP contribution in [0.2, 0.25) is 0 Å². The molecule has 12 heavy (non-hydrogen) atoms. The third kappa shape index (κ3) is 2.08. The zero-order valence-electron chi connectivity index (χ0n) is 7.88. The molecule has 2 N–H and O–H groups in total. The molecule has 0 atom stereocenters. The fourth-order valence-electron chi connectivity index (χ4n) is 1.39. The minimum atomic E-state index is 0.218. The van der Waals surface area contributed by atoms with Crippen molar-refractivity contribution in [2.45, 2.75) is 25.7 Å². The lowest BCUT2D eigenvalue weighted by Crippen LogP contribution is -2.21. The number of benzene rings is 1. The maximum absolute atomic E-state index is 5.55. The molecule has 1 heteroatoms. The highest BCUT2D eigenvalue weighted by Gasteiger charge is 2.18. The van der Waals surface area contributed by atoms with Gasteiger partial charge in [0.25, 0.3) is 0 Å². The molecule has 1 aromatic rings. The summed E-state index contributed by atoms with van der Waals surface area (Å²) in [5.74, 6) is 0. The molecule has 1 aromatic carbocycles. The minimum absolute atomic E-state index is 0.218. The van der Waals surface area contributed by atoms with E-state index in [4.69, 9.17) is 5.73 Å². The van der Waals surface area contributed by atoms with Gasteiger partial charge in [-0.15, -0.1) is 0 Å². The summed E-state index contributed by atoms with van der Waals surface area (Å²) in [4.78, 5) is 0. The van der Waals surface area contributed by atoms with Crippen LogP contribution in [0.25, 0.3) is 0 Å². The molecule has 0 fully saturated rings. The van der Waals surface area contributed by atoms with Gasteiger partial charge < -0.3 is 5.73 Å². The lowest BCUT2D eigenvalue weighted by molar-refractivity contribution is 0.488. The Balaban J connectivity index is 2.82. The third-order valence-corrected chi connectivity index (χ3v) is 2.32. The zero-order valence-corrected chi connectivity index (χ0v) is 7.88. The predicted octanol–water partition coefficient (Wildman–Crippen LogP) is 2.31. The van der Waals surface area contributed by atoms with Gasteiger partial charge in [-0.3, -0.25) is 0 Å². The van der Waals surface area contributed by atoms with Crippen molar-refractivity contribution in [3.8, 4) is 0 Å². The van der Waals surface area contributed by atoms with Crippen LogP contribution < -0.4 is 5.73 Å². The molecule has 0 aromatic heterocycles. The Morgan fingerprint density at radius 3 is 2.25 bits per heavy atom. The van der Waals surface area contributed by atoms with E-state index in [1.165, 1.54) is 5.56 Å². The Morgan fingerprint density at radius 1 is 1.17 bits per heavy atom. The molecule has 0 saturated carbocycles. The normalized spacial score (nSPS) is 11.6. The van der Waals surface area contributed by atoms with E-state index >= 15 is 0 Å². The second kappa shape index (κ2) is 3.72. The summed E-state index contributed by atoms with van der Waals surface area (Å²) in [5, 5.41) is 0. The van der Waals surface area contributed by atoms with Gasteiger partial charge in [-0.25, -0.2) is 0 Å². The number of hydrogen-bond donors (Lipinski definition) is 1. The second-order valence-electron chi connectivity index (χ2n) is 3.79. The molecule has 0 unspecified atom stereocenters. The van der Waals surface area contributed by atoms with Crippen molar-refractivity contribution in [1.82, 2.24) is 0 Å². The molecule has 0 aliphatic carbocycles. The smallest absolute Gasteiger partial charge is 0.00690 e. The van der Waals surface area contributed by atoms with E-state index in [2.05, 4.69) is 38.1 Å². The summed E-state index contributed by atoms with van der Waals surface area (Å²) < 4.78 is 0. The van der Waals surface area contributed by atoms with Crippen molar-refractivity contribution in [2.24, 2.45) is 5.73 Å². The molecular weight excluding hydrogens is 146 g/mol. The van der Waals surface area contributed by atoms with Crippen LogP contribution in [0.15, 0.2) is 30.3 Å². The van der Waals surface area contributed by atoms with Crippen LogP contribution in [-0.4, -0.2) is 6.54 Å². The van der Waals surface area contributed by atoms with Gasteiger partial charge in [-0.1, -0.05) is 44.2 Å². The average molecular weight is 163 g/mol. The van der Waals surface area contributed by atoms with Gasteiger partial charge in [0.1, 0.15) is 0 Å². The SMILES string of the molecule is CC(C)(CCN)c1ccccc1. The first-order valence-corrected chi connectivity index (χ1v) is 4.42. The van der Waals surface area contributed by atoms with E-state index in [9.17, 15) is 0 Å². The van der Waals surface area contributed by atoms with Crippen LogP contribution >= 0.6 is 0 Å². The minimum Gasteiger partial charge on any atom is -0.330 e. The summed E-state index contributed by atoms with van der Waals surface area (Å²) in [6.07, 6.45) is 1.04. The standard InChI is InChI=1S/C11H17N/c1-11(2,8-9-12)10-6-4-3-5-7-10/h3-7H,8-9,12H2,1-2H3. The largest absolute Gasteiger partial charge is 0.330 e. The Hall–Kier alpha value is -0.820. The van der Waals surface area contributed by atoms with Crippen molar-refractivity contribution in [2.75, 3.05) is 6.54 Å². The maximum atomic E-state index is 5.55. The summed E-state index contributed by atoms with van der Waals surface area (Å²) in [7, 11) is 0. The van der Waals surface area contributed by atoms with Crippen molar-refractivity contribution < 1.29 is 0 Å². The van der Waals surface area contributed by atoms with Crippen molar-refractivity contribution >= 4 is 0 Å². The Kier molecular flexibility index (Phi) is 2.88. The summed E-state index contributed by atoms with van der Waals surface area (Å²) in [5.41, 5.74) is 7.14. The van der Waals surface area contributed by atoms with Crippen molar-refractivity contribution in [1.29, 1.82) is 0 Å². The van der Waals surface area contributed by atoms with E-state index in [0.717, 1.165) is 13.0 Å². The highest BCUT2D eigenvalue weighted by Crippen LogP contribution is 2.25. The van der Waals surface area contributed by atoms with Crippen LogP contribution in [0, 0.1) is 0 Å². The van der Waals surface area contributed by atoms with Gasteiger partial charge in [0.05, 0.1) is 0 Å². The topological polar surface area (TPSA) is 26.0 Å². The van der Waals surface area contributed by atoms with Crippen molar-refractivity contribution in [3.05, 3.63) is 35.9 Å². The average Bonchev–Trinajstić information content (AvgIpc) is 2.06. The molecule has 0 heterocycles. The first kappa shape index (κ1) is 9.27. The van der Waals surface area contributed by atoms with E-state index in [0.29, 0.717) is 0 Å². The molecule has 1 nitrogen and oxygen atoms in total. The molecule has 0 amide bonds. The van der Waals surface area contributed by atoms with E-state index < -0.39 is 0 Å². The van der Waals surface area contributed by atoms with Gasteiger partial charge in [0.2, 0.25) is 0 Å². The molecule has 0 spiro atoms. The summed E-state index contributed by atoms with van der Waals surface area (Å²) in [6.45, 7) is 5.21. The fraction of sp³-hybridized carbons (Fsp3) is 0.455. The molecular formula is C11H17N. The lowest BCUT2D eigenvalue weighted by Gasteiger charge is -2.24. The third-order valence-electron chi connectivity index (χ3n) is 2.32. The molecule has 0 aliphatic heterocycles. The van der Waals surface area contributed by atoms with E-state index in [1.54, 1.807) is 0 Å². The Bertz CT molecular complexity index is 226. The van der Waals surface area contributed by atoms with Gasteiger partial charge in [0.15, 0.2) is 0 Å². The molecule has 0 saturated heterocycles. The number of rotatable bonds is 3. The van der Waals surface area contributed by atoms with Gasteiger partial charge >= 0.3 is 0 Å². The molecule has 0 bridgehead atoms. The molecule has 1 rings (SSSR count). The zero-order chi connectivity index (χ0) is 9.03. The first-order valence-electron chi connectivity index (χ1n) is 4.42. The summed E-state index contributed by atoms with van der Waals surface area (Å²) >= 11 is 0. The van der Waals surface area contributed by atoms with Gasteiger partial charge in [0, 0.05) is 0 Å². The van der Waals surface area contributed by atoms with Gasteiger partial charge in [-0.05, 0) is 23.9 Å². The van der Waals surface area contributed by atoms with Crippen molar-refractivity contribution in [3.63, 3.8) is 0 Å². The lowest BCUT2D eigenvalue weighted by atomic mass is 9.82. The van der Waals surface area contributed by atoms with E-state index in [1.807, 2.05) is 6.07 Å². The Morgan fingerprint density at radius 2 is 1.75 bits per heavy atom. The number of hydrogen-bond acceptors (Lipinski definition) is 1. The monoisotopic (exact) mass is 163 g/mol. The van der Waals surface area contributed by atoms with Crippen LogP contribution in [0.3, 0.4) is 0 Å². The highest BCUT2D eigenvalue weighted by atomic mass is 14.5. The second-order valence-corrected chi connectivity index (χ2v) is 3.79. The van der Waals surface area contributed by atoms with E-state index in [-0.39, 0.29) is 5.41 Å². The number of nitrogens with two attached hydrogens (primary N) is 1. The van der Waals surface area contributed by atoms with Crippen LogP contribution in [0.4, 0.5) is 0 Å². The highest BCUT2D eigenvalue weighted by molar-refractivity contribution is 5.23. The van der Waals surface area contributed by atoms with Crippen LogP contribution in [-0.2, 0) is 5.41 Å². The van der Waals surface area contributed by atoms with Crippen LogP contribution in [0.1, 0.15) is 25.8 Å². The first-order chi connectivity index (χ1) is 5.67. The molecule has 0 radical (unpaired) electrons. The Labute approximate surface area is 74.6 Å². The predicted molar refractivity (Wildman–Crippen MR) is 53.1 cm³/mol. The fourth-order valence-corrected chi connectivity index (χ4v) is 1.39. The quantitative estimate of drug-likeness (QED) is 0.727. The molecule has 66 valence electrons. The van der Waals surface area contributed by atoms with Crippen LogP contribution in [0.5, 0.6) is 0 Å². The summed E-state index contributed by atoms with van der Waals surface area (Å²) in [6, 6.07) is 10.5. The molecule has 0 aliphatic rings.